The maximum Gasteiger partial charge on any atom is 0.315 e. The van der Waals surface area contributed by atoms with Crippen LogP contribution in [0.3, 0.4) is 0 Å². The van der Waals surface area contributed by atoms with Gasteiger partial charge in [0.1, 0.15) is 5.75 Å². The second-order valence-electron chi connectivity index (χ2n) is 6.66. The average Bonchev–Trinajstić information content (AvgIpc) is 3.38. The van der Waals surface area contributed by atoms with E-state index in [0.29, 0.717) is 5.92 Å². The normalized spacial score (nSPS) is 17.9. The molecule has 3 N–H and O–H groups in total. The van der Waals surface area contributed by atoms with Crippen molar-refractivity contribution in [1.29, 1.82) is 0 Å². The Morgan fingerprint density at radius 1 is 1.39 bits per heavy atom. The smallest absolute Gasteiger partial charge is 0.315 e. The van der Waals surface area contributed by atoms with Crippen LogP contribution < -0.4 is 15.4 Å². The minimum atomic E-state index is -0.577. The van der Waals surface area contributed by atoms with E-state index < -0.39 is 5.54 Å². The number of methoxy groups -OCH3 is 1. The number of benzene rings is 1. The lowest BCUT2D eigenvalue weighted by Gasteiger charge is -2.30. The molecular weight excluding hydrogens is 292 g/mol. The average molecular weight is 320 g/mol. The van der Waals surface area contributed by atoms with E-state index in [-0.39, 0.29) is 18.7 Å². The van der Waals surface area contributed by atoms with Crippen LogP contribution in [-0.2, 0) is 0 Å². The van der Waals surface area contributed by atoms with Gasteiger partial charge in [-0.05, 0) is 49.8 Å². The van der Waals surface area contributed by atoms with E-state index in [9.17, 15) is 9.90 Å². The fraction of sp³-hybridized carbons (Fsp3) is 0.611. The molecule has 1 saturated carbocycles. The van der Waals surface area contributed by atoms with E-state index in [4.69, 9.17) is 4.74 Å². The second-order valence-corrected chi connectivity index (χ2v) is 6.66. The number of aliphatic hydroxyl groups excluding tert-OH is 1. The highest BCUT2D eigenvalue weighted by atomic mass is 16.5. The highest BCUT2D eigenvalue weighted by molar-refractivity contribution is 5.75. The number of ether oxygens (including phenoxy) is 1. The Morgan fingerprint density at radius 3 is 2.52 bits per heavy atom. The minimum absolute atomic E-state index is 0.00507. The van der Waals surface area contributed by atoms with Gasteiger partial charge in [-0.25, -0.2) is 4.79 Å². The summed E-state index contributed by atoms with van der Waals surface area (Å²) >= 11 is 0. The van der Waals surface area contributed by atoms with Crippen LogP contribution in [0.1, 0.15) is 51.1 Å². The quantitative estimate of drug-likeness (QED) is 0.689. The number of rotatable bonds is 8. The van der Waals surface area contributed by atoms with Crippen molar-refractivity contribution in [2.45, 2.75) is 51.1 Å². The summed E-state index contributed by atoms with van der Waals surface area (Å²) in [5.74, 6) is 1.30. The van der Waals surface area contributed by atoms with Crippen molar-refractivity contribution in [2.24, 2.45) is 5.92 Å². The first-order valence-corrected chi connectivity index (χ1v) is 8.35. The molecule has 23 heavy (non-hydrogen) atoms. The summed E-state index contributed by atoms with van der Waals surface area (Å²) in [4.78, 5) is 12.4. The van der Waals surface area contributed by atoms with Crippen LogP contribution in [0.25, 0.3) is 0 Å². The molecule has 0 saturated heterocycles. The van der Waals surface area contributed by atoms with E-state index in [1.54, 1.807) is 7.11 Å². The van der Waals surface area contributed by atoms with Gasteiger partial charge in [0.2, 0.25) is 0 Å². The Morgan fingerprint density at radius 2 is 2.04 bits per heavy atom. The van der Waals surface area contributed by atoms with Gasteiger partial charge in [-0.1, -0.05) is 25.5 Å². The van der Waals surface area contributed by atoms with Crippen LogP contribution in [0.15, 0.2) is 24.3 Å². The molecule has 2 atom stereocenters. The summed E-state index contributed by atoms with van der Waals surface area (Å²) in [7, 11) is 1.64. The van der Waals surface area contributed by atoms with Crippen LogP contribution in [0.5, 0.6) is 5.75 Å². The largest absolute Gasteiger partial charge is 0.497 e. The molecule has 0 aliphatic heterocycles. The second kappa shape index (κ2) is 7.68. The fourth-order valence-electron chi connectivity index (χ4n) is 2.90. The van der Waals surface area contributed by atoms with Crippen molar-refractivity contribution in [3.8, 4) is 5.75 Å². The molecule has 0 spiro atoms. The molecule has 0 heterocycles. The standard InChI is InChI=1S/C18H28N2O3/c1-4-11-18(2,12-21)20-17(22)19-16(13-5-6-13)14-7-9-15(23-3)10-8-14/h7-10,13,16,21H,4-6,11-12H2,1-3H3,(H2,19,20,22). The molecule has 1 aromatic carbocycles. The van der Waals surface area contributed by atoms with Crippen molar-refractivity contribution < 1.29 is 14.6 Å². The number of hydrogen-bond donors (Lipinski definition) is 3. The number of hydrogen-bond acceptors (Lipinski definition) is 3. The van der Waals surface area contributed by atoms with Crippen molar-refractivity contribution >= 4 is 6.03 Å². The van der Waals surface area contributed by atoms with E-state index in [2.05, 4.69) is 10.6 Å². The molecule has 1 aliphatic carbocycles. The number of carbonyl (C=O) groups excluding carboxylic acids is 1. The lowest BCUT2D eigenvalue weighted by molar-refractivity contribution is 0.161. The van der Waals surface area contributed by atoms with Gasteiger partial charge in [-0.3, -0.25) is 0 Å². The number of urea groups is 1. The fourth-order valence-corrected chi connectivity index (χ4v) is 2.90. The Kier molecular flexibility index (Phi) is 5.88. The highest BCUT2D eigenvalue weighted by Gasteiger charge is 2.34. The maximum atomic E-state index is 12.4. The summed E-state index contributed by atoms with van der Waals surface area (Å²) in [5, 5.41) is 15.5. The predicted octanol–water partition coefficient (Wildman–Crippen LogP) is 3.00. The van der Waals surface area contributed by atoms with Crippen LogP contribution in [0.2, 0.25) is 0 Å². The molecule has 2 amide bonds. The molecule has 5 heteroatoms. The monoisotopic (exact) mass is 320 g/mol. The molecule has 0 radical (unpaired) electrons. The molecule has 5 nitrogen and oxygen atoms in total. The molecule has 0 aromatic heterocycles. The van der Waals surface area contributed by atoms with Gasteiger partial charge < -0.3 is 20.5 Å². The van der Waals surface area contributed by atoms with Gasteiger partial charge in [-0.15, -0.1) is 0 Å². The molecule has 2 unspecified atom stereocenters. The number of nitrogens with one attached hydrogen (secondary N) is 2. The third kappa shape index (κ3) is 4.86. The number of amides is 2. The van der Waals surface area contributed by atoms with E-state index >= 15 is 0 Å². The summed E-state index contributed by atoms with van der Waals surface area (Å²) in [6.45, 7) is 3.85. The number of carbonyl (C=O) groups is 1. The molecule has 2 rings (SSSR count). The first-order chi connectivity index (χ1) is 11.0. The first kappa shape index (κ1) is 17.6. The zero-order valence-corrected chi connectivity index (χ0v) is 14.3. The van der Waals surface area contributed by atoms with Gasteiger partial charge in [0.25, 0.3) is 0 Å². The molecule has 1 fully saturated rings. The topological polar surface area (TPSA) is 70.6 Å². The van der Waals surface area contributed by atoms with Gasteiger partial charge in [0.05, 0.1) is 25.3 Å². The SMILES string of the molecule is CCCC(C)(CO)NC(=O)NC(c1ccc(OC)cc1)C1CC1. The maximum absolute atomic E-state index is 12.4. The van der Waals surface area contributed by atoms with Gasteiger partial charge >= 0.3 is 6.03 Å². The van der Waals surface area contributed by atoms with Crippen LogP contribution in [-0.4, -0.2) is 30.4 Å². The van der Waals surface area contributed by atoms with Crippen molar-refractivity contribution in [1.82, 2.24) is 10.6 Å². The third-order valence-corrected chi connectivity index (χ3v) is 4.42. The Balaban J connectivity index is 2.02. The molecule has 128 valence electrons. The highest BCUT2D eigenvalue weighted by Crippen LogP contribution is 2.41. The Hall–Kier alpha value is -1.75. The zero-order chi connectivity index (χ0) is 16.9. The van der Waals surface area contributed by atoms with Crippen LogP contribution >= 0.6 is 0 Å². The Bertz CT molecular complexity index is 514. The zero-order valence-electron chi connectivity index (χ0n) is 14.3. The van der Waals surface area contributed by atoms with Gasteiger partial charge in [0, 0.05) is 0 Å². The summed E-state index contributed by atoms with van der Waals surface area (Å²) < 4.78 is 5.19. The lowest BCUT2D eigenvalue weighted by atomic mass is 9.97. The van der Waals surface area contributed by atoms with Crippen molar-refractivity contribution in [3.63, 3.8) is 0 Å². The van der Waals surface area contributed by atoms with Crippen molar-refractivity contribution in [3.05, 3.63) is 29.8 Å². The van der Waals surface area contributed by atoms with E-state index in [1.165, 1.54) is 0 Å². The van der Waals surface area contributed by atoms with Crippen molar-refractivity contribution in [2.75, 3.05) is 13.7 Å². The molecule has 1 aromatic rings. The van der Waals surface area contributed by atoms with Gasteiger partial charge in [-0.2, -0.15) is 0 Å². The minimum Gasteiger partial charge on any atom is -0.497 e. The third-order valence-electron chi connectivity index (χ3n) is 4.42. The molecular formula is C18H28N2O3. The molecule has 0 bridgehead atoms. The van der Waals surface area contributed by atoms with E-state index in [0.717, 1.165) is 37.0 Å². The van der Waals surface area contributed by atoms with Gasteiger partial charge in [0.15, 0.2) is 0 Å². The summed E-state index contributed by atoms with van der Waals surface area (Å²) in [6.07, 6.45) is 3.90. The van der Waals surface area contributed by atoms with E-state index in [1.807, 2.05) is 38.1 Å². The summed E-state index contributed by atoms with van der Waals surface area (Å²) in [5.41, 5.74) is 0.511. The molecule has 1 aliphatic rings. The number of aliphatic hydroxyl groups is 1. The first-order valence-electron chi connectivity index (χ1n) is 8.35. The van der Waals surface area contributed by atoms with Crippen LogP contribution in [0, 0.1) is 5.92 Å². The Labute approximate surface area is 138 Å². The lowest BCUT2D eigenvalue weighted by Crippen LogP contribution is -2.53. The summed E-state index contributed by atoms with van der Waals surface area (Å²) in [6, 6.07) is 7.62. The predicted molar refractivity (Wildman–Crippen MR) is 90.5 cm³/mol. The van der Waals surface area contributed by atoms with Crippen LogP contribution in [0.4, 0.5) is 4.79 Å².